The van der Waals surface area contributed by atoms with Gasteiger partial charge in [0.05, 0.1) is 0 Å². The molecule has 23 heavy (non-hydrogen) atoms. The fraction of sp³-hybridized carbons (Fsp3) is 0.529. The van der Waals surface area contributed by atoms with Gasteiger partial charge >= 0.3 is 0 Å². The van der Waals surface area contributed by atoms with Crippen molar-refractivity contribution >= 4 is 24.2 Å². The first-order chi connectivity index (χ1) is 10.8. The van der Waals surface area contributed by atoms with Crippen LogP contribution in [0.25, 0.3) is 0 Å². The minimum absolute atomic E-state index is 0. The molecule has 0 aromatic heterocycles. The van der Waals surface area contributed by atoms with Crippen LogP contribution in [0.3, 0.4) is 0 Å². The number of hydrogen-bond acceptors (Lipinski definition) is 3. The Kier molecular flexibility index (Phi) is 6.42. The van der Waals surface area contributed by atoms with Gasteiger partial charge < -0.3 is 15.5 Å². The van der Waals surface area contributed by atoms with E-state index < -0.39 is 0 Å². The van der Waals surface area contributed by atoms with Crippen molar-refractivity contribution in [2.24, 2.45) is 0 Å². The quantitative estimate of drug-likeness (QED) is 0.880. The number of carbonyl (C=O) groups is 2. The van der Waals surface area contributed by atoms with Crippen LogP contribution in [0, 0.1) is 0 Å². The zero-order valence-electron chi connectivity index (χ0n) is 13.2. The maximum Gasteiger partial charge on any atom is 0.254 e. The summed E-state index contributed by atoms with van der Waals surface area (Å²) < 4.78 is 0. The molecular weight excluding hydrogens is 314 g/mol. The molecule has 0 saturated carbocycles. The van der Waals surface area contributed by atoms with E-state index in [1.54, 1.807) is 17.0 Å². The Bertz CT molecular complexity index is 532. The molecule has 2 aliphatic rings. The van der Waals surface area contributed by atoms with E-state index >= 15 is 0 Å². The molecule has 2 N–H and O–H groups in total. The first-order valence-electron chi connectivity index (χ1n) is 8.13. The van der Waals surface area contributed by atoms with Gasteiger partial charge in [-0.1, -0.05) is 18.2 Å². The second-order valence-electron chi connectivity index (χ2n) is 6.07. The largest absolute Gasteiger partial charge is 0.350 e. The number of benzene rings is 1. The van der Waals surface area contributed by atoms with Crippen LogP contribution in [0.1, 0.15) is 36.0 Å². The van der Waals surface area contributed by atoms with Crippen LogP contribution in [0.15, 0.2) is 30.3 Å². The number of likely N-dealkylation sites (tertiary alicyclic amines) is 1. The van der Waals surface area contributed by atoms with E-state index in [2.05, 4.69) is 10.6 Å². The number of halogens is 1. The molecule has 2 aliphatic heterocycles. The van der Waals surface area contributed by atoms with Gasteiger partial charge in [-0.3, -0.25) is 9.59 Å². The van der Waals surface area contributed by atoms with E-state index in [9.17, 15) is 9.59 Å². The molecule has 2 atom stereocenters. The van der Waals surface area contributed by atoms with E-state index in [4.69, 9.17) is 0 Å². The van der Waals surface area contributed by atoms with Crippen molar-refractivity contribution in [3.8, 4) is 0 Å². The van der Waals surface area contributed by atoms with Gasteiger partial charge in [0.25, 0.3) is 5.91 Å². The van der Waals surface area contributed by atoms with Gasteiger partial charge in [-0.05, 0) is 44.4 Å². The lowest BCUT2D eigenvalue weighted by atomic mass is 10.1. The summed E-state index contributed by atoms with van der Waals surface area (Å²) in [5.74, 6) is -0.0458. The fourth-order valence-electron chi connectivity index (χ4n) is 3.30. The van der Waals surface area contributed by atoms with E-state index in [1.807, 2.05) is 18.2 Å². The van der Waals surface area contributed by atoms with E-state index in [1.165, 1.54) is 0 Å². The SMILES string of the molecule is Cl.O=C(NC1CCCNC1)C1CCCN1C(=O)c1ccccc1. The molecule has 126 valence electrons. The molecular formula is C17H24ClN3O2. The Morgan fingerprint density at radius 1 is 1.13 bits per heavy atom. The number of rotatable bonds is 3. The normalized spacial score (nSPS) is 23.9. The van der Waals surface area contributed by atoms with Gasteiger partial charge in [0.15, 0.2) is 0 Å². The van der Waals surface area contributed by atoms with E-state index in [0.29, 0.717) is 12.1 Å². The van der Waals surface area contributed by atoms with Crippen LogP contribution < -0.4 is 10.6 Å². The second-order valence-corrected chi connectivity index (χ2v) is 6.07. The summed E-state index contributed by atoms with van der Waals surface area (Å²) in [4.78, 5) is 26.8. The van der Waals surface area contributed by atoms with Crippen molar-refractivity contribution in [3.63, 3.8) is 0 Å². The number of carbonyl (C=O) groups excluding carboxylic acids is 2. The highest BCUT2D eigenvalue weighted by Crippen LogP contribution is 2.20. The minimum Gasteiger partial charge on any atom is -0.350 e. The molecule has 0 bridgehead atoms. The average Bonchev–Trinajstić information content (AvgIpc) is 3.05. The number of amides is 2. The van der Waals surface area contributed by atoms with Crippen molar-refractivity contribution in [2.45, 2.75) is 37.8 Å². The molecule has 0 spiro atoms. The molecule has 2 heterocycles. The van der Waals surface area contributed by atoms with Crippen molar-refractivity contribution in [2.75, 3.05) is 19.6 Å². The molecule has 5 nitrogen and oxygen atoms in total. The summed E-state index contributed by atoms with van der Waals surface area (Å²) >= 11 is 0. The Balaban J connectivity index is 0.00000192. The molecule has 6 heteroatoms. The molecule has 2 fully saturated rings. The molecule has 1 aromatic carbocycles. The van der Waals surface area contributed by atoms with Gasteiger partial charge in [-0.2, -0.15) is 0 Å². The third-order valence-electron chi connectivity index (χ3n) is 4.48. The molecule has 0 radical (unpaired) electrons. The van der Waals surface area contributed by atoms with Gasteiger partial charge in [0, 0.05) is 24.7 Å². The third-order valence-corrected chi connectivity index (χ3v) is 4.48. The van der Waals surface area contributed by atoms with Crippen LogP contribution in [0.2, 0.25) is 0 Å². The van der Waals surface area contributed by atoms with Gasteiger partial charge in [0.1, 0.15) is 6.04 Å². The smallest absolute Gasteiger partial charge is 0.254 e. The second kappa shape index (κ2) is 8.31. The molecule has 2 saturated heterocycles. The number of nitrogens with one attached hydrogen (secondary N) is 2. The highest BCUT2D eigenvalue weighted by Gasteiger charge is 2.35. The van der Waals surface area contributed by atoms with Crippen LogP contribution in [-0.2, 0) is 4.79 Å². The Labute approximate surface area is 143 Å². The lowest BCUT2D eigenvalue weighted by Gasteiger charge is -2.28. The molecule has 3 rings (SSSR count). The minimum atomic E-state index is -0.324. The Morgan fingerprint density at radius 3 is 2.61 bits per heavy atom. The summed E-state index contributed by atoms with van der Waals surface area (Å²) in [5.41, 5.74) is 0.654. The zero-order valence-corrected chi connectivity index (χ0v) is 14.0. The lowest BCUT2D eigenvalue weighted by Crippen LogP contribution is -2.52. The molecule has 1 aromatic rings. The predicted octanol–water partition coefficient (Wildman–Crippen LogP) is 1.58. The van der Waals surface area contributed by atoms with E-state index in [0.717, 1.165) is 38.8 Å². The summed E-state index contributed by atoms with van der Waals surface area (Å²) in [6, 6.07) is 9.07. The van der Waals surface area contributed by atoms with Gasteiger partial charge in [-0.15, -0.1) is 12.4 Å². The summed E-state index contributed by atoms with van der Waals surface area (Å²) in [6.07, 6.45) is 3.74. The molecule has 0 aliphatic carbocycles. The number of nitrogens with zero attached hydrogens (tertiary/aromatic N) is 1. The zero-order chi connectivity index (χ0) is 15.4. The first kappa shape index (κ1) is 17.8. The van der Waals surface area contributed by atoms with E-state index in [-0.39, 0.29) is 36.3 Å². The highest BCUT2D eigenvalue weighted by molar-refractivity contribution is 5.98. The highest BCUT2D eigenvalue weighted by atomic mass is 35.5. The number of hydrogen-bond donors (Lipinski definition) is 2. The Morgan fingerprint density at radius 2 is 1.91 bits per heavy atom. The van der Waals surface area contributed by atoms with Crippen molar-refractivity contribution in [1.29, 1.82) is 0 Å². The fourth-order valence-corrected chi connectivity index (χ4v) is 3.30. The summed E-state index contributed by atoms with van der Waals surface area (Å²) in [7, 11) is 0. The maximum atomic E-state index is 12.6. The van der Waals surface area contributed by atoms with Crippen molar-refractivity contribution < 1.29 is 9.59 Å². The van der Waals surface area contributed by atoms with Gasteiger partial charge in [0.2, 0.25) is 5.91 Å². The average molecular weight is 338 g/mol. The Hall–Kier alpha value is -1.59. The third kappa shape index (κ3) is 4.24. The molecule has 2 amide bonds. The monoisotopic (exact) mass is 337 g/mol. The number of piperidine rings is 1. The van der Waals surface area contributed by atoms with Crippen LogP contribution in [-0.4, -0.2) is 48.4 Å². The van der Waals surface area contributed by atoms with Crippen LogP contribution in [0.4, 0.5) is 0 Å². The van der Waals surface area contributed by atoms with Crippen molar-refractivity contribution in [3.05, 3.63) is 35.9 Å². The van der Waals surface area contributed by atoms with Gasteiger partial charge in [-0.25, -0.2) is 0 Å². The summed E-state index contributed by atoms with van der Waals surface area (Å²) in [5, 5.41) is 6.40. The van der Waals surface area contributed by atoms with Crippen molar-refractivity contribution in [1.82, 2.24) is 15.5 Å². The maximum absolute atomic E-state index is 12.6. The first-order valence-corrected chi connectivity index (χ1v) is 8.13. The standard InChI is InChI=1S/C17H23N3O2.ClH/c21-16(19-14-8-4-10-18-12-14)15-9-5-11-20(15)17(22)13-6-2-1-3-7-13;/h1-3,6-7,14-15,18H,4-5,8-12H2,(H,19,21);1H. The predicted molar refractivity (Wildman–Crippen MR) is 91.8 cm³/mol. The lowest BCUT2D eigenvalue weighted by molar-refractivity contribution is -0.125. The topological polar surface area (TPSA) is 61.4 Å². The molecule has 2 unspecified atom stereocenters. The van der Waals surface area contributed by atoms with Crippen LogP contribution in [0.5, 0.6) is 0 Å². The van der Waals surface area contributed by atoms with Crippen LogP contribution >= 0.6 is 12.4 Å². The summed E-state index contributed by atoms with van der Waals surface area (Å²) in [6.45, 7) is 2.51.